The highest BCUT2D eigenvalue weighted by molar-refractivity contribution is 14.1. The van der Waals surface area contributed by atoms with Gasteiger partial charge in [-0.3, -0.25) is 4.79 Å². The lowest BCUT2D eigenvalue weighted by Crippen LogP contribution is -2.16. The Bertz CT molecular complexity index is 586. The summed E-state index contributed by atoms with van der Waals surface area (Å²) in [6, 6.07) is 3.67. The predicted molar refractivity (Wildman–Crippen MR) is 74.0 cm³/mol. The number of aryl methyl sites for hydroxylation is 2. The van der Waals surface area contributed by atoms with Gasteiger partial charge >= 0.3 is 0 Å². The summed E-state index contributed by atoms with van der Waals surface area (Å²) in [5.74, 6) is 1.92. The molecule has 4 nitrogen and oxygen atoms in total. The van der Waals surface area contributed by atoms with Gasteiger partial charge in [0.25, 0.3) is 5.56 Å². The minimum atomic E-state index is -0.104. The first-order chi connectivity index (χ1) is 8.11. The molecule has 0 aromatic carbocycles. The second-order valence-corrected chi connectivity index (χ2v) is 4.91. The van der Waals surface area contributed by atoms with Crippen molar-refractivity contribution in [2.24, 2.45) is 0 Å². The molecule has 5 heteroatoms. The van der Waals surface area contributed by atoms with E-state index in [0.29, 0.717) is 15.2 Å². The molecule has 0 unspecified atom stereocenters. The van der Waals surface area contributed by atoms with E-state index in [1.54, 1.807) is 0 Å². The number of rotatable bonds is 3. The van der Waals surface area contributed by atoms with Gasteiger partial charge in [-0.25, -0.2) is 4.98 Å². The van der Waals surface area contributed by atoms with E-state index in [4.69, 9.17) is 4.42 Å². The highest BCUT2D eigenvalue weighted by Gasteiger charge is 2.11. The lowest BCUT2D eigenvalue weighted by Gasteiger charge is -2.03. The molecule has 2 heterocycles. The van der Waals surface area contributed by atoms with Crippen LogP contribution in [0.1, 0.15) is 24.8 Å². The molecular formula is C12H13IN2O2. The molecule has 2 aromatic rings. The van der Waals surface area contributed by atoms with Crippen molar-refractivity contribution >= 4 is 22.6 Å². The molecule has 0 radical (unpaired) electrons. The Morgan fingerprint density at radius 2 is 2.24 bits per heavy atom. The maximum absolute atomic E-state index is 11.8. The number of H-pyrrole nitrogens is 1. The number of aromatic nitrogens is 2. The Kier molecular flexibility index (Phi) is 3.66. The van der Waals surface area contributed by atoms with Crippen LogP contribution >= 0.6 is 22.6 Å². The van der Waals surface area contributed by atoms with E-state index in [0.717, 1.165) is 24.3 Å². The summed E-state index contributed by atoms with van der Waals surface area (Å²) in [4.78, 5) is 19.0. The number of furan rings is 1. The first kappa shape index (κ1) is 12.3. The Morgan fingerprint density at radius 1 is 1.47 bits per heavy atom. The second-order valence-electron chi connectivity index (χ2n) is 3.84. The molecule has 0 saturated carbocycles. The van der Waals surface area contributed by atoms with Gasteiger partial charge in [0.15, 0.2) is 11.6 Å². The summed E-state index contributed by atoms with van der Waals surface area (Å²) in [6.45, 7) is 3.93. The molecule has 2 rings (SSSR count). The van der Waals surface area contributed by atoms with Crippen LogP contribution in [0.4, 0.5) is 0 Å². The van der Waals surface area contributed by atoms with Gasteiger partial charge in [-0.2, -0.15) is 0 Å². The number of nitrogens with one attached hydrogen (secondary N) is 1. The third kappa shape index (κ3) is 2.59. The highest BCUT2D eigenvalue weighted by atomic mass is 127. The number of halogens is 1. The van der Waals surface area contributed by atoms with Crippen molar-refractivity contribution in [3.8, 4) is 11.6 Å². The van der Waals surface area contributed by atoms with Crippen molar-refractivity contribution < 1.29 is 4.42 Å². The molecule has 0 atom stereocenters. The quantitative estimate of drug-likeness (QED) is 0.871. The number of hydrogen-bond acceptors (Lipinski definition) is 3. The van der Waals surface area contributed by atoms with Gasteiger partial charge in [-0.15, -0.1) is 0 Å². The van der Waals surface area contributed by atoms with Crippen LogP contribution in [-0.4, -0.2) is 9.97 Å². The van der Waals surface area contributed by atoms with Crippen molar-refractivity contribution in [3.63, 3.8) is 0 Å². The van der Waals surface area contributed by atoms with Crippen molar-refractivity contribution in [1.82, 2.24) is 9.97 Å². The summed E-state index contributed by atoms with van der Waals surface area (Å²) in [6.07, 6.45) is 1.76. The fourth-order valence-electron chi connectivity index (χ4n) is 1.59. The monoisotopic (exact) mass is 344 g/mol. The van der Waals surface area contributed by atoms with Gasteiger partial charge in [0.2, 0.25) is 0 Å². The topological polar surface area (TPSA) is 58.9 Å². The third-order valence-electron chi connectivity index (χ3n) is 2.39. The van der Waals surface area contributed by atoms with Crippen LogP contribution in [-0.2, 0) is 6.42 Å². The number of aromatic amines is 1. The molecule has 2 aromatic heterocycles. The zero-order valence-electron chi connectivity index (χ0n) is 9.71. The van der Waals surface area contributed by atoms with Crippen LogP contribution in [0.5, 0.6) is 0 Å². The van der Waals surface area contributed by atoms with Gasteiger partial charge < -0.3 is 9.40 Å². The number of hydrogen-bond donors (Lipinski definition) is 1. The summed E-state index contributed by atoms with van der Waals surface area (Å²) in [5, 5.41) is 0. The summed E-state index contributed by atoms with van der Waals surface area (Å²) in [7, 11) is 0. The zero-order valence-corrected chi connectivity index (χ0v) is 11.9. The van der Waals surface area contributed by atoms with Gasteiger partial charge in [0.05, 0.1) is 9.26 Å². The Balaban J connectivity index is 2.52. The fourth-order valence-corrected chi connectivity index (χ4v) is 2.11. The van der Waals surface area contributed by atoms with E-state index in [1.807, 2.05) is 41.6 Å². The Morgan fingerprint density at radius 3 is 2.82 bits per heavy atom. The molecule has 0 saturated heterocycles. The van der Waals surface area contributed by atoms with Crippen LogP contribution in [0.2, 0.25) is 0 Å². The van der Waals surface area contributed by atoms with Gasteiger partial charge in [-0.05, 0) is 48.1 Å². The largest absolute Gasteiger partial charge is 0.458 e. The molecule has 0 aliphatic rings. The second kappa shape index (κ2) is 5.03. The molecule has 1 N–H and O–H groups in total. The van der Waals surface area contributed by atoms with Crippen LogP contribution in [0.3, 0.4) is 0 Å². The van der Waals surface area contributed by atoms with E-state index in [-0.39, 0.29) is 5.56 Å². The predicted octanol–water partition coefficient (Wildman–Crippen LogP) is 2.90. The maximum Gasteiger partial charge on any atom is 0.264 e. The third-order valence-corrected chi connectivity index (χ3v) is 3.50. The maximum atomic E-state index is 11.8. The molecule has 0 aliphatic heterocycles. The Hall–Kier alpha value is -1.11. The van der Waals surface area contributed by atoms with Crippen molar-refractivity contribution in [2.75, 3.05) is 0 Å². The highest BCUT2D eigenvalue weighted by Crippen LogP contribution is 2.18. The van der Waals surface area contributed by atoms with Gasteiger partial charge in [0.1, 0.15) is 5.76 Å². The molecule has 17 heavy (non-hydrogen) atoms. The van der Waals surface area contributed by atoms with Crippen LogP contribution in [0, 0.1) is 10.5 Å². The molecule has 0 bridgehead atoms. The van der Waals surface area contributed by atoms with E-state index >= 15 is 0 Å². The van der Waals surface area contributed by atoms with E-state index in [9.17, 15) is 4.79 Å². The standard InChI is InChI=1S/C12H13IN2O2/c1-3-4-8-10(13)12(16)15-11(14-8)9-6-5-7(2)17-9/h5-6H,3-4H2,1-2H3,(H,14,15,16). The molecule has 0 amide bonds. The van der Waals surface area contributed by atoms with Crippen molar-refractivity contribution in [1.29, 1.82) is 0 Å². The first-order valence-corrected chi connectivity index (χ1v) is 6.55. The zero-order chi connectivity index (χ0) is 12.4. The summed E-state index contributed by atoms with van der Waals surface area (Å²) < 4.78 is 6.13. The lowest BCUT2D eigenvalue weighted by molar-refractivity contribution is 0.543. The van der Waals surface area contributed by atoms with Crippen molar-refractivity contribution in [2.45, 2.75) is 26.7 Å². The van der Waals surface area contributed by atoms with Gasteiger partial charge in [-0.1, -0.05) is 13.3 Å². The summed E-state index contributed by atoms with van der Waals surface area (Å²) >= 11 is 2.03. The summed E-state index contributed by atoms with van der Waals surface area (Å²) in [5.41, 5.74) is 0.731. The smallest absolute Gasteiger partial charge is 0.264 e. The minimum Gasteiger partial charge on any atom is -0.458 e. The Labute approximate surface area is 113 Å². The minimum absolute atomic E-state index is 0.104. The normalized spacial score (nSPS) is 10.8. The van der Waals surface area contributed by atoms with E-state index in [1.165, 1.54) is 0 Å². The van der Waals surface area contributed by atoms with Crippen molar-refractivity contribution in [3.05, 3.63) is 37.5 Å². The lowest BCUT2D eigenvalue weighted by atomic mass is 10.2. The average Bonchev–Trinajstić information content (AvgIpc) is 2.71. The average molecular weight is 344 g/mol. The van der Waals surface area contributed by atoms with Crippen LogP contribution in [0.15, 0.2) is 21.3 Å². The van der Waals surface area contributed by atoms with E-state index < -0.39 is 0 Å². The fraction of sp³-hybridized carbons (Fsp3) is 0.333. The first-order valence-electron chi connectivity index (χ1n) is 5.47. The van der Waals surface area contributed by atoms with Crippen LogP contribution < -0.4 is 5.56 Å². The van der Waals surface area contributed by atoms with E-state index in [2.05, 4.69) is 16.9 Å². The molecule has 0 fully saturated rings. The van der Waals surface area contributed by atoms with Gasteiger partial charge in [0, 0.05) is 0 Å². The SMILES string of the molecule is CCCc1nc(-c2ccc(C)o2)[nH]c(=O)c1I. The van der Waals surface area contributed by atoms with Crippen LogP contribution in [0.25, 0.3) is 11.6 Å². The molecule has 0 aliphatic carbocycles. The molecule has 0 spiro atoms. The molecular weight excluding hydrogens is 331 g/mol. The number of nitrogens with zero attached hydrogens (tertiary/aromatic N) is 1. The molecule has 90 valence electrons.